The third kappa shape index (κ3) is 7.38. The van der Waals surface area contributed by atoms with E-state index in [1.54, 1.807) is 0 Å². The Morgan fingerprint density at radius 3 is 1.50 bits per heavy atom. The fourth-order valence-corrected chi connectivity index (χ4v) is 0. The van der Waals surface area contributed by atoms with Crippen molar-refractivity contribution in [3.63, 3.8) is 0 Å². The van der Waals surface area contributed by atoms with Gasteiger partial charge in [-0.05, 0) is 0 Å². The number of carbonyl (C=O) groups is 1. The lowest BCUT2D eigenvalue weighted by molar-refractivity contribution is -0.191. The van der Waals surface area contributed by atoms with Crippen LogP contribution in [0.3, 0.4) is 0 Å². The minimum absolute atomic E-state index is 0.250. The Morgan fingerprint density at radius 1 is 1.50 bits per heavy atom. The van der Waals surface area contributed by atoms with Crippen LogP contribution in [0.5, 0.6) is 0 Å². The van der Waals surface area contributed by atoms with Crippen LogP contribution >= 0.6 is 0 Å². The Kier molecular flexibility index (Phi) is 63.8. The molecule has 4 nitrogen and oxygen atoms in total. The molecule has 0 heterocycles. The van der Waals surface area contributed by atoms with Gasteiger partial charge >= 0.3 is 6.15 Å². The summed E-state index contributed by atoms with van der Waals surface area (Å²) < 4.78 is 0. The van der Waals surface area contributed by atoms with Crippen LogP contribution in [-0.2, 0) is 14.4 Å². The van der Waals surface area contributed by atoms with E-state index in [9.17, 15) is 0 Å². The van der Waals surface area contributed by atoms with Crippen LogP contribution < -0.4 is 0 Å². The van der Waals surface area contributed by atoms with Crippen molar-refractivity contribution >= 4 is 12.6 Å². The van der Waals surface area contributed by atoms with Gasteiger partial charge in [-0.2, -0.15) is 9.59 Å². The molecule has 0 saturated carbocycles. The molecule has 0 saturated heterocycles. The standard InChI is InChI=1S/CH2O2.CO2/c2*2-1-3/h1H,(H,2,3);. The van der Waals surface area contributed by atoms with Crippen molar-refractivity contribution in [2.24, 2.45) is 0 Å². The molecular weight excluding hydrogens is 88.0 g/mol. The Bertz CT molecular complexity index is 50.6. The summed E-state index contributed by atoms with van der Waals surface area (Å²) in [5.74, 6) is 0. The summed E-state index contributed by atoms with van der Waals surface area (Å²) in [5.41, 5.74) is 0. The molecule has 34 valence electrons. The molecule has 0 bridgehead atoms. The van der Waals surface area contributed by atoms with E-state index in [1.807, 2.05) is 0 Å². The largest absolute Gasteiger partial charge is 0.483 e. The van der Waals surface area contributed by atoms with Gasteiger partial charge in [-0.3, -0.25) is 4.79 Å². The second kappa shape index (κ2) is 43.3. The van der Waals surface area contributed by atoms with Gasteiger partial charge in [0.1, 0.15) is 0 Å². The van der Waals surface area contributed by atoms with E-state index in [1.165, 1.54) is 0 Å². The Hall–Kier alpha value is -1.15. The molecule has 0 radical (unpaired) electrons. The summed E-state index contributed by atoms with van der Waals surface area (Å²) in [6, 6.07) is 0. The number of carboxylic acid groups (broad SMARTS) is 1. The van der Waals surface area contributed by atoms with Crippen LogP contribution in [0.15, 0.2) is 0 Å². The first-order valence-electron chi connectivity index (χ1n) is 0.902. The van der Waals surface area contributed by atoms with Crippen LogP contribution in [0.2, 0.25) is 0 Å². The number of hydrogen-bond donors (Lipinski definition) is 1. The Balaban J connectivity index is 0. The smallest absolute Gasteiger partial charge is 0.373 e. The average molecular weight is 90.0 g/mol. The SMILES string of the molecule is O=C=O.O=CO. The maximum Gasteiger partial charge on any atom is 0.373 e. The predicted molar refractivity (Wildman–Crippen MR) is 13.7 cm³/mol. The van der Waals surface area contributed by atoms with Crippen molar-refractivity contribution in [2.45, 2.75) is 0 Å². The van der Waals surface area contributed by atoms with Crippen LogP contribution in [0.25, 0.3) is 0 Å². The van der Waals surface area contributed by atoms with Crippen LogP contribution in [0, 0.1) is 0 Å². The zero-order valence-electron chi connectivity index (χ0n) is 2.75. The molecule has 0 aromatic rings. The highest BCUT2D eigenvalue weighted by Crippen LogP contribution is 0.966. The first kappa shape index (κ1) is 8.85. The molecule has 0 fully saturated rings. The molecule has 4 heteroatoms. The highest BCUT2D eigenvalue weighted by molar-refractivity contribution is 5.32. The average Bonchev–Trinajstić information content (AvgIpc) is 1.39. The normalized spacial score (nSPS) is 3.33. The fraction of sp³-hybridized carbons (Fsp3) is 0. The zero-order chi connectivity index (χ0) is 5.41. The van der Waals surface area contributed by atoms with Gasteiger partial charge in [0.05, 0.1) is 0 Å². The first-order chi connectivity index (χ1) is 2.83. The lowest BCUT2D eigenvalue weighted by Crippen LogP contribution is -1.49. The number of carbonyl (C=O) groups excluding carboxylic acids is 2. The van der Waals surface area contributed by atoms with E-state index in [0.29, 0.717) is 0 Å². The van der Waals surface area contributed by atoms with E-state index < -0.39 is 0 Å². The highest BCUT2D eigenvalue weighted by atomic mass is 16.3. The number of hydrogen-bond acceptors (Lipinski definition) is 3. The van der Waals surface area contributed by atoms with E-state index >= 15 is 0 Å². The van der Waals surface area contributed by atoms with Crippen molar-refractivity contribution < 1.29 is 19.5 Å². The molecule has 6 heavy (non-hydrogen) atoms. The van der Waals surface area contributed by atoms with Gasteiger partial charge in [-0.1, -0.05) is 0 Å². The van der Waals surface area contributed by atoms with Crippen LogP contribution in [0.1, 0.15) is 0 Å². The molecule has 0 aromatic carbocycles. The molecule has 0 aliphatic carbocycles. The summed E-state index contributed by atoms with van der Waals surface area (Å²) in [7, 11) is 0. The maximum absolute atomic E-state index is 8.36. The highest BCUT2D eigenvalue weighted by Gasteiger charge is 1.22. The lowest BCUT2D eigenvalue weighted by atomic mass is 11.7. The minimum atomic E-state index is -0.250. The summed E-state index contributed by atoms with van der Waals surface area (Å²) in [4.78, 5) is 24.6. The Morgan fingerprint density at radius 2 is 1.50 bits per heavy atom. The van der Waals surface area contributed by atoms with Gasteiger partial charge in [-0.15, -0.1) is 0 Å². The molecule has 0 unspecified atom stereocenters. The van der Waals surface area contributed by atoms with E-state index in [2.05, 4.69) is 0 Å². The van der Waals surface area contributed by atoms with E-state index in [-0.39, 0.29) is 12.6 Å². The second-order valence-corrected chi connectivity index (χ2v) is 0.189. The third-order valence-corrected chi connectivity index (χ3v) is 0. The lowest BCUT2D eigenvalue weighted by Gasteiger charge is -1.34. The number of rotatable bonds is 0. The summed E-state index contributed by atoms with van der Waals surface area (Å²) in [5, 5.41) is 6.89. The molecule has 0 amide bonds. The molecule has 0 aliphatic rings. The zero-order valence-corrected chi connectivity index (χ0v) is 2.75. The quantitative estimate of drug-likeness (QED) is 0.392. The first-order valence-corrected chi connectivity index (χ1v) is 0.902. The topological polar surface area (TPSA) is 71.4 Å². The summed E-state index contributed by atoms with van der Waals surface area (Å²) >= 11 is 0. The molecular formula is C2H2O4. The van der Waals surface area contributed by atoms with Gasteiger partial charge in [-0.25, -0.2) is 0 Å². The van der Waals surface area contributed by atoms with Gasteiger partial charge < -0.3 is 5.11 Å². The third-order valence-electron chi connectivity index (χ3n) is 0. The van der Waals surface area contributed by atoms with Crippen molar-refractivity contribution in [3.8, 4) is 0 Å². The summed E-state index contributed by atoms with van der Waals surface area (Å²) in [6.45, 7) is -0.250. The molecule has 0 spiro atoms. The van der Waals surface area contributed by atoms with Gasteiger partial charge in [0, 0.05) is 0 Å². The predicted octanol–water partition coefficient (Wildman–Crippen LogP) is -0.883. The summed E-state index contributed by atoms with van der Waals surface area (Å²) in [6.07, 6.45) is 0.250. The monoisotopic (exact) mass is 90.0 g/mol. The molecule has 0 rings (SSSR count). The van der Waals surface area contributed by atoms with Crippen LogP contribution in [0.4, 0.5) is 0 Å². The van der Waals surface area contributed by atoms with Gasteiger partial charge in [0.15, 0.2) is 0 Å². The van der Waals surface area contributed by atoms with Gasteiger partial charge in [0.2, 0.25) is 0 Å². The molecule has 0 atom stereocenters. The van der Waals surface area contributed by atoms with Gasteiger partial charge in [0.25, 0.3) is 6.47 Å². The second-order valence-electron chi connectivity index (χ2n) is 0.189. The van der Waals surface area contributed by atoms with Crippen molar-refractivity contribution in [1.29, 1.82) is 0 Å². The molecule has 1 N–H and O–H groups in total. The van der Waals surface area contributed by atoms with Crippen LogP contribution in [-0.4, -0.2) is 17.7 Å². The molecule has 0 aliphatic heterocycles. The van der Waals surface area contributed by atoms with Crippen molar-refractivity contribution in [1.82, 2.24) is 0 Å². The fourth-order valence-electron chi connectivity index (χ4n) is 0. The van der Waals surface area contributed by atoms with E-state index in [4.69, 9.17) is 19.5 Å². The minimum Gasteiger partial charge on any atom is -0.483 e. The maximum atomic E-state index is 8.36. The van der Waals surface area contributed by atoms with Crippen molar-refractivity contribution in [2.75, 3.05) is 0 Å². The molecule has 0 aromatic heterocycles. The van der Waals surface area contributed by atoms with E-state index in [0.717, 1.165) is 0 Å². The Labute approximate surface area is 33.4 Å². The van der Waals surface area contributed by atoms with Crippen molar-refractivity contribution in [3.05, 3.63) is 0 Å².